The third-order valence-electron chi connectivity index (χ3n) is 5.71. The van der Waals surface area contributed by atoms with Crippen LogP contribution in [-0.4, -0.2) is 55.0 Å². The summed E-state index contributed by atoms with van der Waals surface area (Å²) in [7, 11) is 1.59. The van der Waals surface area contributed by atoms with Gasteiger partial charge in [-0.3, -0.25) is 4.79 Å². The van der Waals surface area contributed by atoms with Crippen molar-refractivity contribution in [3.8, 4) is 5.75 Å². The van der Waals surface area contributed by atoms with Crippen LogP contribution in [0.2, 0.25) is 0 Å². The fraction of sp³-hybridized carbons (Fsp3) is 0.231. The van der Waals surface area contributed by atoms with Crippen LogP contribution in [-0.2, 0) is 4.79 Å². The van der Waals surface area contributed by atoms with E-state index in [2.05, 4.69) is 5.32 Å². The monoisotopic (exact) mass is 429 g/mol. The molecule has 1 aliphatic heterocycles. The molecule has 1 heterocycles. The molecule has 0 unspecified atom stereocenters. The zero-order chi connectivity index (χ0) is 22.3. The predicted molar refractivity (Wildman–Crippen MR) is 125 cm³/mol. The number of piperazine rings is 1. The summed E-state index contributed by atoms with van der Waals surface area (Å²) in [5.74, 6) is 0.399. The number of benzene rings is 3. The minimum absolute atomic E-state index is 0.0650. The summed E-state index contributed by atoms with van der Waals surface area (Å²) in [6.07, 6.45) is 0. The molecule has 1 fully saturated rings. The Balaban J connectivity index is 1.42. The molecule has 0 saturated carbocycles. The van der Waals surface area contributed by atoms with Crippen LogP contribution >= 0.6 is 0 Å². The third-order valence-corrected chi connectivity index (χ3v) is 5.71. The fourth-order valence-corrected chi connectivity index (χ4v) is 3.98. The average molecular weight is 430 g/mol. The first-order valence-corrected chi connectivity index (χ1v) is 10.7. The molecule has 164 valence electrons. The summed E-state index contributed by atoms with van der Waals surface area (Å²) in [5.41, 5.74) is 2.63. The summed E-state index contributed by atoms with van der Waals surface area (Å²) in [6.45, 7) is 1.97. The molecule has 0 atom stereocenters. The molecule has 0 bridgehead atoms. The van der Waals surface area contributed by atoms with E-state index in [1.54, 1.807) is 18.1 Å². The molecule has 3 amide bonds. The van der Waals surface area contributed by atoms with Crippen LogP contribution in [0, 0.1) is 0 Å². The maximum absolute atomic E-state index is 13.5. The Bertz CT molecular complexity index is 1010. The number of hydrogen-bond donors (Lipinski definition) is 1. The molecule has 3 aromatic carbocycles. The SMILES string of the molecule is COc1cccc(NC(=O)N2CCN(C(=O)C(c3ccccc3)c3ccccc3)CC2)c1. The first-order valence-electron chi connectivity index (χ1n) is 10.7. The molecule has 32 heavy (non-hydrogen) atoms. The number of urea groups is 1. The Morgan fingerprint density at radius 3 is 1.91 bits per heavy atom. The number of ether oxygens (including phenoxy) is 1. The largest absolute Gasteiger partial charge is 0.497 e. The van der Waals surface area contributed by atoms with Crippen molar-refractivity contribution >= 4 is 17.6 Å². The number of nitrogens with zero attached hydrogens (tertiary/aromatic N) is 2. The Kier molecular flexibility index (Phi) is 6.70. The highest BCUT2D eigenvalue weighted by Crippen LogP contribution is 2.27. The van der Waals surface area contributed by atoms with Crippen molar-refractivity contribution in [2.45, 2.75) is 5.92 Å². The molecular weight excluding hydrogens is 402 g/mol. The van der Waals surface area contributed by atoms with Gasteiger partial charge in [0.15, 0.2) is 0 Å². The van der Waals surface area contributed by atoms with Gasteiger partial charge in [0.05, 0.1) is 13.0 Å². The number of methoxy groups -OCH3 is 1. The standard InChI is InChI=1S/C26H27N3O3/c1-32-23-14-8-13-22(19-23)27-26(31)29-17-15-28(16-18-29)25(30)24(20-9-4-2-5-10-20)21-11-6-3-7-12-21/h2-14,19,24H,15-18H2,1H3,(H,27,31). The molecule has 1 aliphatic rings. The van der Waals surface area contributed by atoms with Gasteiger partial charge >= 0.3 is 6.03 Å². The number of hydrogen-bond acceptors (Lipinski definition) is 3. The molecule has 6 heteroatoms. The maximum Gasteiger partial charge on any atom is 0.321 e. The highest BCUT2D eigenvalue weighted by Gasteiger charge is 2.30. The lowest BCUT2D eigenvalue weighted by Crippen LogP contribution is -2.52. The molecular formula is C26H27N3O3. The normalized spacial score (nSPS) is 13.7. The first kappa shape index (κ1) is 21.4. The fourth-order valence-electron chi connectivity index (χ4n) is 3.98. The second kappa shape index (κ2) is 10.0. The summed E-state index contributed by atoms with van der Waals surface area (Å²) in [5, 5.41) is 2.91. The van der Waals surface area contributed by atoms with Gasteiger partial charge in [0.25, 0.3) is 0 Å². The predicted octanol–water partition coefficient (Wildman–Crippen LogP) is 4.20. The Morgan fingerprint density at radius 1 is 0.781 bits per heavy atom. The van der Waals surface area contributed by atoms with Crippen LogP contribution in [0.4, 0.5) is 10.5 Å². The topological polar surface area (TPSA) is 61.9 Å². The van der Waals surface area contributed by atoms with Crippen molar-refractivity contribution in [1.82, 2.24) is 9.80 Å². The van der Waals surface area contributed by atoms with Gasteiger partial charge in [-0.2, -0.15) is 0 Å². The summed E-state index contributed by atoms with van der Waals surface area (Å²) < 4.78 is 5.21. The lowest BCUT2D eigenvalue weighted by Gasteiger charge is -2.36. The Labute approximate surface area is 188 Å². The van der Waals surface area contributed by atoms with Gasteiger partial charge in [0.2, 0.25) is 5.91 Å². The van der Waals surface area contributed by atoms with Gasteiger partial charge in [-0.05, 0) is 23.3 Å². The van der Waals surface area contributed by atoms with Crippen molar-refractivity contribution in [2.24, 2.45) is 0 Å². The van der Waals surface area contributed by atoms with E-state index in [0.717, 1.165) is 11.1 Å². The Morgan fingerprint density at radius 2 is 1.34 bits per heavy atom. The highest BCUT2D eigenvalue weighted by molar-refractivity contribution is 5.90. The molecule has 0 aliphatic carbocycles. The van der Waals surface area contributed by atoms with Gasteiger partial charge in [-0.25, -0.2) is 4.79 Å². The zero-order valence-electron chi connectivity index (χ0n) is 18.1. The number of carbonyl (C=O) groups is 2. The number of nitrogens with one attached hydrogen (secondary N) is 1. The average Bonchev–Trinajstić information content (AvgIpc) is 2.85. The molecule has 0 aromatic heterocycles. The van der Waals surface area contributed by atoms with E-state index in [0.29, 0.717) is 37.6 Å². The third kappa shape index (κ3) is 4.91. The van der Waals surface area contributed by atoms with E-state index >= 15 is 0 Å². The van der Waals surface area contributed by atoms with E-state index in [1.165, 1.54) is 0 Å². The minimum Gasteiger partial charge on any atom is -0.497 e. The molecule has 3 aromatic rings. The van der Waals surface area contributed by atoms with E-state index in [-0.39, 0.29) is 17.9 Å². The van der Waals surface area contributed by atoms with Crippen molar-refractivity contribution in [3.05, 3.63) is 96.1 Å². The van der Waals surface area contributed by atoms with E-state index in [4.69, 9.17) is 4.74 Å². The van der Waals surface area contributed by atoms with Crippen LogP contribution in [0.5, 0.6) is 5.75 Å². The summed E-state index contributed by atoms with van der Waals surface area (Å²) in [6, 6.07) is 26.8. The lowest BCUT2D eigenvalue weighted by molar-refractivity contribution is -0.133. The Hall–Kier alpha value is -3.80. The van der Waals surface area contributed by atoms with Gasteiger partial charge in [-0.1, -0.05) is 66.7 Å². The first-order chi connectivity index (χ1) is 15.7. The number of anilines is 1. The van der Waals surface area contributed by atoms with E-state index in [1.807, 2.05) is 83.8 Å². The highest BCUT2D eigenvalue weighted by atomic mass is 16.5. The lowest BCUT2D eigenvalue weighted by atomic mass is 9.90. The van der Waals surface area contributed by atoms with E-state index < -0.39 is 0 Å². The van der Waals surface area contributed by atoms with Crippen molar-refractivity contribution in [1.29, 1.82) is 0 Å². The van der Waals surface area contributed by atoms with Gasteiger partial charge in [0.1, 0.15) is 5.75 Å². The van der Waals surface area contributed by atoms with E-state index in [9.17, 15) is 9.59 Å². The van der Waals surface area contributed by atoms with Crippen molar-refractivity contribution in [3.63, 3.8) is 0 Å². The van der Waals surface area contributed by atoms with Crippen LogP contribution < -0.4 is 10.1 Å². The summed E-state index contributed by atoms with van der Waals surface area (Å²) in [4.78, 5) is 29.8. The van der Waals surface area contributed by atoms with Crippen LogP contribution in [0.25, 0.3) is 0 Å². The maximum atomic E-state index is 13.5. The minimum atomic E-state index is -0.352. The number of rotatable bonds is 5. The zero-order valence-corrected chi connectivity index (χ0v) is 18.1. The van der Waals surface area contributed by atoms with Gasteiger partial charge in [0, 0.05) is 37.9 Å². The summed E-state index contributed by atoms with van der Waals surface area (Å²) >= 11 is 0. The van der Waals surface area contributed by atoms with Gasteiger partial charge in [-0.15, -0.1) is 0 Å². The molecule has 1 saturated heterocycles. The van der Waals surface area contributed by atoms with Crippen LogP contribution in [0.3, 0.4) is 0 Å². The second-order valence-electron chi connectivity index (χ2n) is 7.73. The number of amides is 3. The number of carbonyl (C=O) groups excluding carboxylic acids is 2. The molecule has 4 rings (SSSR count). The molecule has 1 N–H and O–H groups in total. The van der Waals surface area contributed by atoms with Crippen LogP contribution in [0.15, 0.2) is 84.9 Å². The van der Waals surface area contributed by atoms with Crippen LogP contribution in [0.1, 0.15) is 17.0 Å². The second-order valence-corrected chi connectivity index (χ2v) is 7.73. The quantitative estimate of drug-likeness (QED) is 0.661. The smallest absolute Gasteiger partial charge is 0.321 e. The molecule has 6 nitrogen and oxygen atoms in total. The van der Waals surface area contributed by atoms with Crippen molar-refractivity contribution in [2.75, 3.05) is 38.6 Å². The van der Waals surface area contributed by atoms with Crippen molar-refractivity contribution < 1.29 is 14.3 Å². The molecule has 0 spiro atoms. The molecule has 0 radical (unpaired) electrons. The van der Waals surface area contributed by atoms with Gasteiger partial charge < -0.3 is 19.9 Å².